The predicted molar refractivity (Wildman–Crippen MR) is 127 cm³/mol. The Hall–Kier alpha value is -2.52. The summed E-state index contributed by atoms with van der Waals surface area (Å²) >= 11 is 1.49. The lowest BCUT2D eigenvalue weighted by atomic mass is 10.1. The van der Waals surface area contributed by atoms with E-state index < -0.39 is 10.0 Å². The normalized spacial score (nSPS) is 17.8. The summed E-state index contributed by atoms with van der Waals surface area (Å²) in [4.78, 5) is 16.2. The highest BCUT2D eigenvalue weighted by atomic mass is 32.2. The maximum atomic E-state index is 12.8. The highest BCUT2D eigenvalue weighted by molar-refractivity contribution is 7.89. The van der Waals surface area contributed by atoms with Crippen LogP contribution in [0.25, 0.3) is 0 Å². The van der Waals surface area contributed by atoms with Crippen LogP contribution in [0.3, 0.4) is 0 Å². The molecule has 1 aliphatic rings. The fraction of sp³-hybridized carbons (Fsp3) is 0.292. The Morgan fingerprint density at radius 2 is 1.94 bits per heavy atom. The number of sulfonamides is 1. The Morgan fingerprint density at radius 1 is 1.12 bits per heavy atom. The van der Waals surface area contributed by atoms with Crippen LogP contribution in [0.2, 0.25) is 0 Å². The molecular weight excluding hydrogens is 442 g/mol. The number of carbonyl (C=O) groups excluding carboxylic acids is 1. The van der Waals surface area contributed by atoms with E-state index in [1.54, 1.807) is 12.1 Å². The van der Waals surface area contributed by atoms with Gasteiger partial charge in [0.05, 0.1) is 4.90 Å². The van der Waals surface area contributed by atoms with E-state index in [2.05, 4.69) is 34.0 Å². The van der Waals surface area contributed by atoms with Crippen LogP contribution in [0, 0.1) is 0 Å². The van der Waals surface area contributed by atoms with Gasteiger partial charge in [-0.2, -0.15) is 0 Å². The summed E-state index contributed by atoms with van der Waals surface area (Å²) in [6.07, 6.45) is 0.864. The topological polar surface area (TPSA) is 78.5 Å². The number of nitrogens with one attached hydrogen (secondary N) is 2. The van der Waals surface area contributed by atoms with Crippen LogP contribution < -0.4 is 10.0 Å². The van der Waals surface area contributed by atoms with Gasteiger partial charge in [-0.15, -0.1) is 11.3 Å². The van der Waals surface area contributed by atoms with E-state index in [9.17, 15) is 13.2 Å². The smallest absolute Gasteiger partial charge is 0.251 e. The van der Waals surface area contributed by atoms with E-state index in [1.165, 1.54) is 29.0 Å². The van der Waals surface area contributed by atoms with Crippen molar-refractivity contribution in [3.8, 4) is 0 Å². The van der Waals surface area contributed by atoms with Crippen molar-refractivity contribution in [3.63, 3.8) is 0 Å². The predicted octanol–water partition coefficient (Wildman–Crippen LogP) is 3.79. The third kappa shape index (κ3) is 5.45. The average molecular weight is 470 g/mol. The van der Waals surface area contributed by atoms with Gasteiger partial charge in [0.15, 0.2) is 0 Å². The van der Waals surface area contributed by atoms with Gasteiger partial charge in [0.2, 0.25) is 10.0 Å². The van der Waals surface area contributed by atoms with Crippen LogP contribution in [0.1, 0.15) is 40.2 Å². The number of hydrogen-bond donors (Lipinski definition) is 2. The highest BCUT2D eigenvalue weighted by Crippen LogP contribution is 2.24. The molecule has 3 aromatic rings. The lowest BCUT2D eigenvalue weighted by Crippen LogP contribution is -2.37. The zero-order chi connectivity index (χ0) is 22.6. The molecule has 1 amide bonds. The molecule has 32 heavy (non-hydrogen) atoms. The van der Waals surface area contributed by atoms with Gasteiger partial charge in [0, 0.05) is 42.2 Å². The first-order valence-electron chi connectivity index (χ1n) is 10.6. The lowest BCUT2D eigenvalue weighted by molar-refractivity contribution is 0.0936. The molecular formula is C24H27N3O3S2. The number of rotatable bonds is 8. The summed E-state index contributed by atoms with van der Waals surface area (Å²) in [5.74, 6) is -0.250. The zero-order valence-corrected chi connectivity index (χ0v) is 19.5. The van der Waals surface area contributed by atoms with E-state index in [-0.39, 0.29) is 29.4 Å². The molecule has 1 saturated heterocycles. The molecule has 1 aromatic heterocycles. The molecule has 0 saturated carbocycles. The highest BCUT2D eigenvalue weighted by Gasteiger charge is 2.28. The molecule has 2 N–H and O–H groups in total. The Morgan fingerprint density at radius 3 is 2.69 bits per heavy atom. The van der Waals surface area contributed by atoms with Crippen molar-refractivity contribution < 1.29 is 13.2 Å². The Labute approximate surface area is 193 Å². The number of carbonyl (C=O) groups is 1. The van der Waals surface area contributed by atoms with E-state index in [4.69, 9.17) is 0 Å². The third-order valence-corrected chi connectivity index (χ3v) is 8.08. The van der Waals surface area contributed by atoms with Gasteiger partial charge in [0.25, 0.3) is 5.91 Å². The molecule has 6 nitrogen and oxygen atoms in total. The van der Waals surface area contributed by atoms with Crippen LogP contribution in [0.15, 0.2) is 77.0 Å². The standard InChI is InChI=1S/C24H27N3O3S2/c1-18(19-7-3-2-4-8-19)27-13-12-21(17-27)26-24(28)20-9-5-11-23(15-20)32(29,30)25-16-22-10-6-14-31-22/h2-11,14-15,18,21,25H,12-13,16-17H2,1H3,(H,26,28). The number of thiophene rings is 1. The molecule has 2 aromatic carbocycles. The van der Waals surface area contributed by atoms with Crippen molar-refractivity contribution in [3.05, 3.63) is 88.1 Å². The fourth-order valence-electron chi connectivity index (χ4n) is 3.94. The second-order valence-corrected chi connectivity index (χ2v) is 10.8. The van der Waals surface area contributed by atoms with Gasteiger partial charge < -0.3 is 5.32 Å². The summed E-state index contributed by atoms with van der Waals surface area (Å²) in [5.41, 5.74) is 1.60. The van der Waals surface area contributed by atoms with Crippen LogP contribution in [-0.2, 0) is 16.6 Å². The average Bonchev–Trinajstić information content (AvgIpc) is 3.50. The van der Waals surface area contributed by atoms with Crippen LogP contribution in [0.4, 0.5) is 0 Å². The minimum absolute atomic E-state index is 0.0332. The first-order valence-corrected chi connectivity index (χ1v) is 13.0. The molecule has 0 spiro atoms. The van der Waals surface area contributed by atoms with E-state index in [1.807, 2.05) is 35.7 Å². The SMILES string of the molecule is CC(c1ccccc1)N1CCC(NC(=O)c2cccc(S(=O)(=O)NCc3cccs3)c2)C1. The Bertz CT molecular complexity index is 1150. The number of amides is 1. The summed E-state index contributed by atoms with van der Waals surface area (Å²) in [6.45, 7) is 4.08. The minimum Gasteiger partial charge on any atom is -0.348 e. The quantitative estimate of drug-likeness (QED) is 0.526. The first kappa shape index (κ1) is 22.7. The molecule has 0 aliphatic carbocycles. The van der Waals surface area contributed by atoms with Gasteiger partial charge >= 0.3 is 0 Å². The van der Waals surface area contributed by atoms with Crippen molar-refractivity contribution in [2.75, 3.05) is 13.1 Å². The van der Waals surface area contributed by atoms with Gasteiger partial charge in [-0.1, -0.05) is 42.5 Å². The monoisotopic (exact) mass is 469 g/mol. The molecule has 4 rings (SSSR count). The Kier molecular flexibility index (Phi) is 7.05. The number of nitrogens with zero attached hydrogens (tertiary/aromatic N) is 1. The molecule has 2 heterocycles. The second kappa shape index (κ2) is 9.95. The third-order valence-electron chi connectivity index (χ3n) is 5.81. The zero-order valence-electron chi connectivity index (χ0n) is 17.9. The summed E-state index contributed by atoms with van der Waals surface area (Å²) < 4.78 is 27.9. The molecule has 0 radical (unpaired) electrons. The van der Waals surface area contributed by atoms with E-state index in [0.29, 0.717) is 5.56 Å². The molecule has 0 bridgehead atoms. The van der Waals surface area contributed by atoms with Crippen molar-refractivity contribution in [2.24, 2.45) is 0 Å². The van der Waals surface area contributed by atoms with E-state index >= 15 is 0 Å². The summed E-state index contributed by atoms with van der Waals surface area (Å²) in [5, 5.41) is 4.97. The van der Waals surface area contributed by atoms with Crippen LogP contribution in [-0.4, -0.2) is 38.4 Å². The van der Waals surface area contributed by atoms with E-state index in [0.717, 1.165) is 24.4 Å². The molecule has 8 heteroatoms. The lowest BCUT2D eigenvalue weighted by Gasteiger charge is -2.24. The Balaban J connectivity index is 1.37. The van der Waals surface area contributed by atoms with Crippen LogP contribution in [0.5, 0.6) is 0 Å². The largest absolute Gasteiger partial charge is 0.348 e. The van der Waals surface area contributed by atoms with Gasteiger partial charge in [-0.3, -0.25) is 9.69 Å². The molecule has 1 fully saturated rings. The van der Waals surface area contributed by atoms with Crippen molar-refractivity contribution in [2.45, 2.75) is 36.9 Å². The number of hydrogen-bond acceptors (Lipinski definition) is 5. The molecule has 1 aliphatic heterocycles. The maximum Gasteiger partial charge on any atom is 0.251 e. The second-order valence-electron chi connectivity index (χ2n) is 7.97. The summed E-state index contributed by atoms with van der Waals surface area (Å²) in [7, 11) is -3.70. The minimum atomic E-state index is -3.70. The van der Waals surface area contributed by atoms with Gasteiger partial charge in [0.1, 0.15) is 0 Å². The van der Waals surface area contributed by atoms with Gasteiger partial charge in [-0.25, -0.2) is 13.1 Å². The van der Waals surface area contributed by atoms with Crippen molar-refractivity contribution in [1.29, 1.82) is 0 Å². The van der Waals surface area contributed by atoms with Gasteiger partial charge in [-0.05, 0) is 48.6 Å². The molecule has 2 atom stereocenters. The first-order chi connectivity index (χ1) is 15.4. The molecule has 168 valence electrons. The van der Waals surface area contributed by atoms with Crippen molar-refractivity contribution >= 4 is 27.3 Å². The maximum absolute atomic E-state index is 12.8. The summed E-state index contributed by atoms with van der Waals surface area (Å²) in [6, 6.07) is 20.6. The van der Waals surface area contributed by atoms with Crippen molar-refractivity contribution in [1.82, 2.24) is 14.9 Å². The number of benzene rings is 2. The number of likely N-dealkylation sites (tertiary alicyclic amines) is 1. The fourth-order valence-corrected chi connectivity index (χ4v) is 5.72. The van der Waals surface area contributed by atoms with Crippen LogP contribution >= 0.6 is 11.3 Å². The molecule has 2 unspecified atom stereocenters.